The van der Waals surface area contributed by atoms with Crippen LogP contribution in [0.2, 0.25) is 5.02 Å². The van der Waals surface area contributed by atoms with E-state index in [0.29, 0.717) is 11.6 Å². The zero-order valence-corrected chi connectivity index (χ0v) is 12.0. The lowest BCUT2D eigenvalue weighted by molar-refractivity contribution is 0.242. The number of nitrogens with two attached hydrogens (primary N) is 1. The highest BCUT2D eigenvalue weighted by Gasteiger charge is 2.26. The smallest absolute Gasteiger partial charge is 0.131 e. The van der Waals surface area contributed by atoms with Crippen molar-refractivity contribution in [3.8, 4) is 22.6 Å². The molecule has 1 aliphatic rings. The first-order chi connectivity index (χ1) is 9.72. The molecule has 0 radical (unpaired) electrons. The zero-order chi connectivity index (χ0) is 14.1. The Morgan fingerprint density at radius 2 is 2.10 bits per heavy atom. The predicted octanol–water partition coefficient (Wildman–Crippen LogP) is 3.28. The average molecular weight is 290 g/mol. The van der Waals surface area contributed by atoms with Gasteiger partial charge in [-0.15, -0.1) is 0 Å². The van der Waals surface area contributed by atoms with Gasteiger partial charge in [0.1, 0.15) is 17.6 Å². The number of fused-ring (bicyclic) bond motifs is 1. The topological polar surface area (TPSA) is 44.5 Å². The lowest BCUT2D eigenvalue weighted by Gasteiger charge is -2.13. The van der Waals surface area contributed by atoms with Crippen LogP contribution in [-0.4, -0.2) is 19.8 Å². The minimum atomic E-state index is 0.0262. The molecular formula is C16H16ClNO2. The SMILES string of the molecule is COc1cc2c(c(-c3ccccc3Cl)c1)O[C@@H](CN)C2. The van der Waals surface area contributed by atoms with E-state index in [2.05, 4.69) is 0 Å². The van der Waals surface area contributed by atoms with E-state index >= 15 is 0 Å². The number of methoxy groups -OCH3 is 1. The minimum absolute atomic E-state index is 0.0262. The van der Waals surface area contributed by atoms with Gasteiger partial charge < -0.3 is 15.2 Å². The van der Waals surface area contributed by atoms with Gasteiger partial charge in [0.2, 0.25) is 0 Å². The molecular weight excluding hydrogens is 274 g/mol. The highest BCUT2D eigenvalue weighted by Crippen LogP contribution is 2.43. The second-order valence-corrected chi connectivity index (χ2v) is 5.23. The molecule has 0 unspecified atom stereocenters. The number of benzene rings is 2. The molecule has 0 bridgehead atoms. The molecule has 2 aromatic rings. The van der Waals surface area contributed by atoms with Crippen molar-refractivity contribution in [2.45, 2.75) is 12.5 Å². The van der Waals surface area contributed by atoms with Crippen molar-refractivity contribution in [1.29, 1.82) is 0 Å². The highest BCUT2D eigenvalue weighted by atomic mass is 35.5. The fourth-order valence-corrected chi connectivity index (χ4v) is 2.77. The molecule has 3 rings (SSSR count). The monoisotopic (exact) mass is 289 g/mol. The summed E-state index contributed by atoms with van der Waals surface area (Å²) in [4.78, 5) is 0. The third-order valence-corrected chi connectivity index (χ3v) is 3.86. The van der Waals surface area contributed by atoms with Gasteiger partial charge in [-0.25, -0.2) is 0 Å². The Hall–Kier alpha value is -1.71. The van der Waals surface area contributed by atoms with E-state index in [1.807, 2.05) is 36.4 Å². The fraction of sp³-hybridized carbons (Fsp3) is 0.250. The van der Waals surface area contributed by atoms with Crippen molar-refractivity contribution in [3.63, 3.8) is 0 Å². The quantitative estimate of drug-likeness (QED) is 0.943. The lowest BCUT2D eigenvalue weighted by Crippen LogP contribution is -2.24. The van der Waals surface area contributed by atoms with Gasteiger partial charge in [-0.2, -0.15) is 0 Å². The summed E-state index contributed by atoms with van der Waals surface area (Å²) in [7, 11) is 1.66. The van der Waals surface area contributed by atoms with Crippen molar-refractivity contribution >= 4 is 11.6 Å². The summed E-state index contributed by atoms with van der Waals surface area (Å²) < 4.78 is 11.3. The molecule has 3 nitrogen and oxygen atoms in total. The lowest BCUT2D eigenvalue weighted by atomic mass is 10.00. The summed E-state index contributed by atoms with van der Waals surface area (Å²) in [5.74, 6) is 1.68. The van der Waals surface area contributed by atoms with Crippen LogP contribution >= 0.6 is 11.6 Å². The van der Waals surface area contributed by atoms with Crippen LogP contribution in [0, 0.1) is 0 Å². The zero-order valence-electron chi connectivity index (χ0n) is 11.2. The van der Waals surface area contributed by atoms with Crippen molar-refractivity contribution in [3.05, 3.63) is 47.0 Å². The molecule has 0 amide bonds. The van der Waals surface area contributed by atoms with Crippen molar-refractivity contribution in [2.24, 2.45) is 5.73 Å². The standard InChI is InChI=1S/C16H16ClNO2/c1-19-11-6-10-7-12(9-18)20-16(10)14(8-11)13-4-2-3-5-15(13)17/h2-6,8,12H,7,9,18H2,1H3/t12-/m1/s1. The van der Waals surface area contributed by atoms with E-state index in [9.17, 15) is 0 Å². The Morgan fingerprint density at radius 3 is 2.80 bits per heavy atom. The maximum atomic E-state index is 6.31. The van der Waals surface area contributed by atoms with E-state index < -0.39 is 0 Å². The van der Waals surface area contributed by atoms with Crippen LogP contribution in [0.3, 0.4) is 0 Å². The van der Waals surface area contributed by atoms with E-state index in [1.165, 1.54) is 0 Å². The number of ether oxygens (including phenoxy) is 2. The number of rotatable bonds is 3. The maximum absolute atomic E-state index is 6.31. The molecule has 2 aromatic carbocycles. The van der Waals surface area contributed by atoms with Gasteiger partial charge in [-0.05, 0) is 18.2 Å². The van der Waals surface area contributed by atoms with Crippen molar-refractivity contribution < 1.29 is 9.47 Å². The third-order valence-electron chi connectivity index (χ3n) is 3.53. The van der Waals surface area contributed by atoms with E-state index in [0.717, 1.165) is 34.6 Å². The van der Waals surface area contributed by atoms with Crippen LogP contribution in [0.1, 0.15) is 5.56 Å². The van der Waals surface area contributed by atoms with Gasteiger partial charge in [0.25, 0.3) is 0 Å². The summed E-state index contributed by atoms with van der Waals surface area (Å²) in [6.45, 7) is 0.499. The minimum Gasteiger partial charge on any atom is -0.497 e. The van der Waals surface area contributed by atoms with Crippen LogP contribution in [0.4, 0.5) is 0 Å². The van der Waals surface area contributed by atoms with Crippen LogP contribution in [0.25, 0.3) is 11.1 Å². The Morgan fingerprint density at radius 1 is 1.30 bits per heavy atom. The van der Waals surface area contributed by atoms with Crippen molar-refractivity contribution in [2.75, 3.05) is 13.7 Å². The van der Waals surface area contributed by atoms with Crippen molar-refractivity contribution in [1.82, 2.24) is 0 Å². The molecule has 20 heavy (non-hydrogen) atoms. The summed E-state index contributed by atoms with van der Waals surface area (Å²) in [6.07, 6.45) is 0.832. The summed E-state index contributed by atoms with van der Waals surface area (Å²) >= 11 is 6.31. The summed E-state index contributed by atoms with van der Waals surface area (Å²) in [6, 6.07) is 11.7. The Kier molecular flexibility index (Phi) is 3.55. The maximum Gasteiger partial charge on any atom is 0.131 e. The van der Waals surface area contributed by atoms with Gasteiger partial charge >= 0.3 is 0 Å². The molecule has 0 aliphatic carbocycles. The molecule has 104 valence electrons. The molecule has 0 spiro atoms. The van der Waals surface area contributed by atoms with E-state index in [-0.39, 0.29) is 6.10 Å². The second-order valence-electron chi connectivity index (χ2n) is 4.82. The Labute approximate surface area is 123 Å². The van der Waals surface area contributed by atoms with Gasteiger partial charge in [-0.3, -0.25) is 0 Å². The summed E-state index contributed by atoms with van der Waals surface area (Å²) in [5.41, 5.74) is 8.75. The average Bonchev–Trinajstić information content (AvgIpc) is 2.90. The number of halogens is 1. The molecule has 1 atom stereocenters. The third kappa shape index (κ3) is 2.23. The van der Waals surface area contributed by atoms with Gasteiger partial charge in [0, 0.05) is 34.7 Å². The molecule has 4 heteroatoms. The first-order valence-electron chi connectivity index (χ1n) is 6.55. The van der Waals surface area contributed by atoms with Gasteiger partial charge in [-0.1, -0.05) is 29.8 Å². The number of hydrogen-bond donors (Lipinski definition) is 1. The van der Waals surface area contributed by atoms with Crippen LogP contribution in [0.5, 0.6) is 11.5 Å². The van der Waals surface area contributed by atoms with Crippen LogP contribution < -0.4 is 15.2 Å². The molecule has 2 N–H and O–H groups in total. The molecule has 1 heterocycles. The normalized spacial score (nSPS) is 16.6. The molecule has 0 saturated heterocycles. The Bertz CT molecular complexity index is 642. The first kappa shape index (κ1) is 13.3. The summed E-state index contributed by atoms with van der Waals surface area (Å²) in [5, 5.41) is 0.697. The molecule has 0 aromatic heterocycles. The Balaban J connectivity index is 2.16. The second kappa shape index (κ2) is 5.35. The highest BCUT2D eigenvalue weighted by molar-refractivity contribution is 6.33. The fourth-order valence-electron chi connectivity index (χ4n) is 2.53. The van der Waals surface area contributed by atoms with Crippen LogP contribution in [0.15, 0.2) is 36.4 Å². The molecule has 1 aliphatic heterocycles. The van der Waals surface area contributed by atoms with E-state index in [1.54, 1.807) is 7.11 Å². The van der Waals surface area contributed by atoms with Gasteiger partial charge in [0.15, 0.2) is 0 Å². The van der Waals surface area contributed by atoms with E-state index in [4.69, 9.17) is 26.8 Å². The molecule has 0 saturated carbocycles. The largest absolute Gasteiger partial charge is 0.497 e. The molecule has 0 fully saturated rings. The predicted molar refractivity (Wildman–Crippen MR) is 80.6 cm³/mol. The van der Waals surface area contributed by atoms with Crippen LogP contribution in [-0.2, 0) is 6.42 Å². The first-order valence-corrected chi connectivity index (χ1v) is 6.93. The number of hydrogen-bond acceptors (Lipinski definition) is 3. The van der Waals surface area contributed by atoms with Gasteiger partial charge in [0.05, 0.1) is 7.11 Å².